The summed E-state index contributed by atoms with van der Waals surface area (Å²) in [5, 5.41) is 7.51. The minimum Gasteiger partial charge on any atom is -0.377 e. The van der Waals surface area contributed by atoms with E-state index >= 15 is 0 Å². The fourth-order valence-electron chi connectivity index (χ4n) is 2.25. The molecular weight excluding hydrogens is 250 g/mol. The van der Waals surface area contributed by atoms with Crippen LogP contribution in [-0.2, 0) is 13.6 Å². The molecule has 0 radical (unpaired) electrons. The SMILES string of the molecule is Cc1ncc(CNc2cnn(C)c2)n1-c1ccccc1. The van der Waals surface area contributed by atoms with Crippen LogP contribution in [-0.4, -0.2) is 19.3 Å². The number of hydrogen-bond donors (Lipinski definition) is 1. The lowest BCUT2D eigenvalue weighted by molar-refractivity contribution is 0.768. The highest BCUT2D eigenvalue weighted by Gasteiger charge is 2.08. The molecule has 5 nitrogen and oxygen atoms in total. The first-order chi connectivity index (χ1) is 9.74. The van der Waals surface area contributed by atoms with Crippen LogP contribution in [0.15, 0.2) is 48.9 Å². The molecule has 3 rings (SSSR count). The lowest BCUT2D eigenvalue weighted by Gasteiger charge is -2.11. The van der Waals surface area contributed by atoms with Gasteiger partial charge in [-0.2, -0.15) is 5.10 Å². The Labute approximate surface area is 117 Å². The largest absolute Gasteiger partial charge is 0.377 e. The van der Waals surface area contributed by atoms with Crippen LogP contribution in [0.1, 0.15) is 11.5 Å². The van der Waals surface area contributed by atoms with E-state index in [9.17, 15) is 0 Å². The Kier molecular flexibility index (Phi) is 3.25. The minimum atomic E-state index is 0.710. The number of hydrogen-bond acceptors (Lipinski definition) is 3. The second-order valence-electron chi connectivity index (χ2n) is 4.72. The molecule has 0 spiro atoms. The summed E-state index contributed by atoms with van der Waals surface area (Å²) < 4.78 is 3.94. The number of benzene rings is 1. The number of nitrogens with zero attached hydrogens (tertiary/aromatic N) is 4. The van der Waals surface area contributed by atoms with Crippen LogP contribution in [0.4, 0.5) is 5.69 Å². The van der Waals surface area contributed by atoms with Crippen LogP contribution in [0.5, 0.6) is 0 Å². The van der Waals surface area contributed by atoms with Crippen molar-refractivity contribution in [1.82, 2.24) is 19.3 Å². The molecule has 20 heavy (non-hydrogen) atoms. The zero-order valence-electron chi connectivity index (χ0n) is 11.6. The van der Waals surface area contributed by atoms with E-state index in [1.807, 2.05) is 50.8 Å². The average molecular weight is 267 g/mol. The number of rotatable bonds is 4. The maximum absolute atomic E-state index is 4.41. The van der Waals surface area contributed by atoms with Crippen molar-refractivity contribution in [3.8, 4) is 5.69 Å². The van der Waals surface area contributed by atoms with Gasteiger partial charge in [-0.25, -0.2) is 4.98 Å². The molecule has 0 bridgehead atoms. The summed E-state index contributed by atoms with van der Waals surface area (Å²) in [6, 6.07) is 10.3. The van der Waals surface area contributed by atoms with Gasteiger partial charge < -0.3 is 5.32 Å². The molecule has 0 amide bonds. The first kappa shape index (κ1) is 12.5. The van der Waals surface area contributed by atoms with Crippen LogP contribution in [0.3, 0.4) is 0 Å². The maximum Gasteiger partial charge on any atom is 0.110 e. The van der Waals surface area contributed by atoms with Crippen molar-refractivity contribution in [2.24, 2.45) is 7.05 Å². The van der Waals surface area contributed by atoms with E-state index in [2.05, 4.69) is 32.1 Å². The Morgan fingerprint density at radius 2 is 1.95 bits per heavy atom. The highest BCUT2D eigenvalue weighted by atomic mass is 15.3. The van der Waals surface area contributed by atoms with Gasteiger partial charge in [-0.15, -0.1) is 0 Å². The Bertz CT molecular complexity index is 696. The lowest BCUT2D eigenvalue weighted by atomic mass is 10.3. The summed E-state index contributed by atoms with van der Waals surface area (Å²) in [6.45, 7) is 2.72. The van der Waals surface area contributed by atoms with Crippen molar-refractivity contribution in [1.29, 1.82) is 0 Å². The Morgan fingerprint density at radius 3 is 2.65 bits per heavy atom. The zero-order chi connectivity index (χ0) is 13.9. The van der Waals surface area contributed by atoms with E-state index < -0.39 is 0 Å². The van der Waals surface area contributed by atoms with Gasteiger partial charge in [0.2, 0.25) is 0 Å². The molecule has 0 aliphatic rings. The molecule has 1 aromatic carbocycles. The third kappa shape index (κ3) is 2.42. The number of aryl methyl sites for hydroxylation is 2. The van der Waals surface area contributed by atoms with Gasteiger partial charge >= 0.3 is 0 Å². The number of para-hydroxylation sites is 1. The van der Waals surface area contributed by atoms with Gasteiger partial charge in [-0.1, -0.05) is 18.2 Å². The first-order valence-corrected chi connectivity index (χ1v) is 6.55. The van der Waals surface area contributed by atoms with E-state index in [4.69, 9.17) is 0 Å². The molecule has 2 aromatic heterocycles. The minimum absolute atomic E-state index is 0.710. The predicted octanol–water partition coefficient (Wildman–Crippen LogP) is 2.53. The van der Waals surface area contributed by atoms with E-state index in [-0.39, 0.29) is 0 Å². The average Bonchev–Trinajstić information content (AvgIpc) is 3.03. The van der Waals surface area contributed by atoms with Crippen molar-refractivity contribution in [3.05, 3.63) is 60.4 Å². The normalized spacial score (nSPS) is 10.7. The van der Waals surface area contributed by atoms with Crippen LogP contribution in [0.2, 0.25) is 0 Å². The van der Waals surface area contributed by atoms with Gasteiger partial charge in [-0.3, -0.25) is 9.25 Å². The second-order valence-corrected chi connectivity index (χ2v) is 4.72. The smallest absolute Gasteiger partial charge is 0.110 e. The fraction of sp³-hybridized carbons (Fsp3) is 0.200. The zero-order valence-corrected chi connectivity index (χ0v) is 11.6. The molecule has 0 aliphatic carbocycles. The van der Waals surface area contributed by atoms with Crippen molar-refractivity contribution in [2.75, 3.05) is 5.32 Å². The predicted molar refractivity (Wildman–Crippen MR) is 78.8 cm³/mol. The number of aromatic nitrogens is 4. The highest BCUT2D eigenvalue weighted by Crippen LogP contribution is 2.15. The quantitative estimate of drug-likeness (QED) is 0.790. The molecule has 0 atom stereocenters. The Balaban J connectivity index is 1.84. The van der Waals surface area contributed by atoms with Crippen LogP contribution in [0.25, 0.3) is 5.69 Å². The molecule has 0 saturated heterocycles. The Hall–Kier alpha value is -2.56. The monoisotopic (exact) mass is 267 g/mol. The summed E-state index contributed by atoms with van der Waals surface area (Å²) in [5.41, 5.74) is 3.26. The van der Waals surface area contributed by atoms with Crippen molar-refractivity contribution < 1.29 is 0 Å². The van der Waals surface area contributed by atoms with E-state index in [0.717, 1.165) is 22.9 Å². The van der Waals surface area contributed by atoms with Crippen molar-refractivity contribution in [2.45, 2.75) is 13.5 Å². The van der Waals surface area contributed by atoms with Crippen molar-refractivity contribution >= 4 is 5.69 Å². The number of nitrogens with one attached hydrogen (secondary N) is 1. The third-order valence-corrected chi connectivity index (χ3v) is 3.20. The fourth-order valence-corrected chi connectivity index (χ4v) is 2.25. The highest BCUT2D eigenvalue weighted by molar-refractivity contribution is 5.40. The van der Waals surface area contributed by atoms with Gasteiger partial charge in [-0.05, 0) is 19.1 Å². The first-order valence-electron chi connectivity index (χ1n) is 6.55. The molecule has 3 aromatic rings. The second kappa shape index (κ2) is 5.21. The molecule has 0 unspecified atom stereocenters. The topological polar surface area (TPSA) is 47.7 Å². The van der Waals surface area contributed by atoms with Crippen LogP contribution in [0, 0.1) is 6.92 Å². The summed E-state index contributed by atoms with van der Waals surface area (Å²) in [4.78, 5) is 4.41. The van der Waals surface area contributed by atoms with Gasteiger partial charge in [0.15, 0.2) is 0 Å². The maximum atomic E-state index is 4.41. The molecule has 1 N–H and O–H groups in total. The summed E-state index contributed by atoms with van der Waals surface area (Å²) in [5.74, 6) is 0.985. The molecule has 2 heterocycles. The van der Waals surface area contributed by atoms with E-state index in [0.29, 0.717) is 6.54 Å². The van der Waals surface area contributed by atoms with Gasteiger partial charge in [0.1, 0.15) is 5.82 Å². The molecule has 0 fully saturated rings. The standard InChI is InChI=1S/C15H17N5/c1-12-16-9-15(10-17-13-8-18-19(2)11-13)20(12)14-6-4-3-5-7-14/h3-9,11,17H,10H2,1-2H3. The molecule has 0 aliphatic heterocycles. The van der Waals surface area contributed by atoms with E-state index in [1.54, 1.807) is 4.68 Å². The third-order valence-electron chi connectivity index (χ3n) is 3.20. The molecular formula is C15H17N5. The van der Waals surface area contributed by atoms with Crippen LogP contribution >= 0.6 is 0 Å². The Morgan fingerprint density at radius 1 is 1.15 bits per heavy atom. The molecule has 0 saturated carbocycles. The molecule has 102 valence electrons. The van der Waals surface area contributed by atoms with Crippen molar-refractivity contribution in [3.63, 3.8) is 0 Å². The van der Waals surface area contributed by atoms with Gasteiger partial charge in [0.25, 0.3) is 0 Å². The number of imidazole rings is 1. The van der Waals surface area contributed by atoms with Gasteiger partial charge in [0.05, 0.1) is 30.3 Å². The summed E-state index contributed by atoms with van der Waals surface area (Å²) >= 11 is 0. The van der Waals surface area contributed by atoms with E-state index in [1.165, 1.54) is 0 Å². The van der Waals surface area contributed by atoms with Crippen LogP contribution < -0.4 is 5.32 Å². The lowest BCUT2D eigenvalue weighted by Crippen LogP contribution is -2.07. The molecule has 5 heteroatoms. The summed E-state index contributed by atoms with van der Waals surface area (Å²) in [6.07, 6.45) is 5.68. The van der Waals surface area contributed by atoms with Gasteiger partial charge in [0, 0.05) is 18.9 Å². The number of anilines is 1. The summed E-state index contributed by atoms with van der Waals surface area (Å²) in [7, 11) is 1.91.